The van der Waals surface area contributed by atoms with Crippen molar-refractivity contribution in [1.29, 1.82) is 0 Å². The molecule has 3 aromatic heterocycles. The molecule has 3 aromatic rings. The highest BCUT2D eigenvalue weighted by Gasteiger charge is 2.14. The minimum absolute atomic E-state index is 0.288. The Balaban J connectivity index is 2.23. The van der Waals surface area contributed by atoms with Crippen molar-refractivity contribution in [2.75, 3.05) is 7.11 Å². The van der Waals surface area contributed by atoms with Crippen molar-refractivity contribution in [3.8, 4) is 17.0 Å². The first-order chi connectivity index (χ1) is 10.1. The molecule has 1 amide bonds. The molecule has 0 bridgehead atoms. The van der Waals surface area contributed by atoms with E-state index in [9.17, 15) is 4.79 Å². The number of primary amides is 1. The van der Waals surface area contributed by atoms with Crippen LogP contribution in [0.5, 0.6) is 5.75 Å². The van der Waals surface area contributed by atoms with Gasteiger partial charge in [-0.2, -0.15) is 5.10 Å². The molecule has 0 aromatic carbocycles. The van der Waals surface area contributed by atoms with E-state index >= 15 is 0 Å². The molecule has 0 spiro atoms. The topological polar surface area (TPSA) is 95.4 Å². The van der Waals surface area contributed by atoms with Crippen LogP contribution in [0.1, 0.15) is 16.1 Å². The number of methoxy groups -OCH3 is 1. The van der Waals surface area contributed by atoms with Gasteiger partial charge < -0.3 is 10.5 Å². The lowest BCUT2D eigenvalue weighted by Crippen LogP contribution is -2.11. The number of rotatable bonds is 3. The average molecular weight is 283 g/mol. The van der Waals surface area contributed by atoms with E-state index in [1.54, 1.807) is 24.0 Å². The molecule has 2 N–H and O–H groups in total. The predicted molar refractivity (Wildman–Crippen MR) is 76.0 cm³/mol. The summed E-state index contributed by atoms with van der Waals surface area (Å²) in [6.07, 6.45) is 4.72. The zero-order valence-electron chi connectivity index (χ0n) is 11.6. The minimum Gasteiger partial charge on any atom is -0.495 e. The van der Waals surface area contributed by atoms with Crippen molar-refractivity contribution in [3.63, 3.8) is 0 Å². The van der Waals surface area contributed by atoms with Crippen molar-refractivity contribution < 1.29 is 9.53 Å². The first kappa shape index (κ1) is 13.0. The third-order valence-electron chi connectivity index (χ3n) is 3.16. The third kappa shape index (κ3) is 2.18. The van der Waals surface area contributed by atoms with Crippen LogP contribution in [0.2, 0.25) is 0 Å². The molecule has 0 aliphatic carbocycles. The maximum atomic E-state index is 11.4. The number of ether oxygens (including phenoxy) is 1. The second-order valence-electron chi connectivity index (χ2n) is 4.55. The van der Waals surface area contributed by atoms with Crippen LogP contribution < -0.4 is 10.5 Å². The number of nitrogens with two attached hydrogens (primary N) is 1. The van der Waals surface area contributed by atoms with Crippen molar-refractivity contribution in [1.82, 2.24) is 19.6 Å². The molecule has 0 saturated heterocycles. The molecule has 106 valence electrons. The number of aromatic nitrogens is 4. The lowest BCUT2D eigenvalue weighted by molar-refractivity contribution is 0.100. The van der Waals surface area contributed by atoms with E-state index in [2.05, 4.69) is 15.1 Å². The van der Waals surface area contributed by atoms with E-state index in [1.807, 2.05) is 19.1 Å². The fourth-order valence-electron chi connectivity index (χ4n) is 2.11. The van der Waals surface area contributed by atoms with Gasteiger partial charge in [-0.25, -0.2) is 9.50 Å². The lowest BCUT2D eigenvalue weighted by Gasteiger charge is -2.06. The standard InChI is InChI=1S/C14H13N5O2/c1-8-3-12(9-4-10(21-2)6-16-5-9)18-14-11(13(15)20)7-17-19(8)14/h3-7H,1-2H3,(H2,15,20). The Bertz CT molecular complexity index is 840. The zero-order valence-corrected chi connectivity index (χ0v) is 11.6. The molecule has 7 nitrogen and oxygen atoms in total. The number of hydrogen-bond donors (Lipinski definition) is 1. The summed E-state index contributed by atoms with van der Waals surface area (Å²) in [6.45, 7) is 1.88. The van der Waals surface area contributed by atoms with Gasteiger partial charge in [-0.15, -0.1) is 0 Å². The molecule has 21 heavy (non-hydrogen) atoms. The van der Waals surface area contributed by atoms with Gasteiger partial charge in [0, 0.05) is 17.5 Å². The fraction of sp³-hybridized carbons (Fsp3) is 0.143. The van der Waals surface area contributed by atoms with E-state index in [-0.39, 0.29) is 5.56 Å². The van der Waals surface area contributed by atoms with Crippen LogP contribution in [0.15, 0.2) is 30.7 Å². The van der Waals surface area contributed by atoms with Gasteiger partial charge in [-0.1, -0.05) is 0 Å². The number of carbonyl (C=O) groups is 1. The fourth-order valence-corrected chi connectivity index (χ4v) is 2.11. The summed E-state index contributed by atoms with van der Waals surface area (Å²) in [5, 5.41) is 4.12. The molecule has 0 aliphatic rings. The average Bonchev–Trinajstić information content (AvgIpc) is 2.92. The van der Waals surface area contributed by atoms with Crippen LogP contribution in [0.4, 0.5) is 0 Å². The van der Waals surface area contributed by atoms with E-state index < -0.39 is 5.91 Å². The third-order valence-corrected chi connectivity index (χ3v) is 3.16. The molecule has 7 heteroatoms. The minimum atomic E-state index is -0.558. The van der Waals surface area contributed by atoms with Crippen LogP contribution in [0.25, 0.3) is 16.9 Å². The molecule has 0 atom stereocenters. The first-order valence-electron chi connectivity index (χ1n) is 6.24. The molecule has 0 aliphatic heterocycles. The Labute approximate surface area is 120 Å². The number of aryl methyl sites for hydroxylation is 1. The van der Waals surface area contributed by atoms with Gasteiger partial charge >= 0.3 is 0 Å². The van der Waals surface area contributed by atoms with Crippen molar-refractivity contribution in [2.45, 2.75) is 6.92 Å². The van der Waals surface area contributed by atoms with Crippen LogP contribution in [0, 0.1) is 6.92 Å². The van der Waals surface area contributed by atoms with Crippen molar-refractivity contribution in [2.24, 2.45) is 5.73 Å². The highest BCUT2D eigenvalue weighted by Crippen LogP contribution is 2.23. The van der Waals surface area contributed by atoms with Gasteiger partial charge in [0.2, 0.25) is 0 Å². The SMILES string of the molecule is COc1cncc(-c2cc(C)n3ncc(C(N)=O)c3n2)c1. The van der Waals surface area contributed by atoms with Gasteiger partial charge in [0.05, 0.1) is 25.2 Å². The zero-order chi connectivity index (χ0) is 15.0. The Kier molecular flexibility index (Phi) is 3.02. The van der Waals surface area contributed by atoms with Gasteiger partial charge in [0.25, 0.3) is 5.91 Å². The van der Waals surface area contributed by atoms with Crippen LogP contribution in [-0.4, -0.2) is 32.6 Å². The summed E-state index contributed by atoms with van der Waals surface area (Å²) in [6, 6.07) is 3.69. The van der Waals surface area contributed by atoms with Crippen LogP contribution >= 0.6 is 0 Å². The Morgan fingerprint density at radius 2 is 2.10 bits per heavy atom. The van der Waals surface area contributed by atoms with E-state index in [0.29, 0.717) is 17.1 Å². The summed E-state index contributed by atoms with van der Waals surface area (Å²) in [5.74, 6) is 0.0771. The Morgan fingerprint density at radius 1 is 1.29 bits per heavy atom. The largest absolute Gasteiger partial charge is 0.495 e. The maximum absolute atomic E-state index is 11.4. The highest BCUT2D eigenvalue weighted by atomic mass is 16.5. The van der Waals surface area contributed by atoms with Gasteiger partial charge in [-0.3, -0.25) is 9.78 Å². The number of carbonyl (C=O) groups excluding carboxylic acids is 1. The maximum Gasteiger partial charge on any atom is 0.254 e. The second kappa shape index (κ2) is 4.86. The van der Waals surface area contributed by atoms with Crippen molar-refractivity contribution in [3.05, 3.63) is 42.0 Å². The molecule has 0 fully saturated rings. The van der Waals surface area contributed by atoms with Gasteiger partial charge in [0.1, 0.15) is 11.3 Å². The number of pyridine rings is 1. The van der Waals surface area contributed by atoms with E-state index in [0.717, 1.165) is 11.3 Å². The predicted octanol–water partition coefficient (Wildman–Crippen LogP) is 1.21. The summed E-state index contributed by atoms with van der Waals surface area (Å²) in [7, 11) is 1.57. The van der Waals surface area contributed by atoms with E-state index in [1.165, 1.54) is 6.20 Å². The number of amides is 1. The number of nitrogens with zero attached hydrogens (tertiary/aromatic N) is 4. The summed E-state index contributed by atoms with van der Waals surface area (Å²) in [4.78, 5) is 20.0. The molecular weight excluding hydrogens is 270 g/mol. The summed E-state index contributed by atoms with van der Waals surface area (Å²) >= 11 is 0. The molecule has 3 rings (SSSR count). The molecular formula is C14H13N5O2. The number of hydrogen-bond acceptors (Lipinski definition) is 5. The van der Waals surface area contributed by atoms with Crippen molar-refractivity contribution >= 4 is 11.6 Å². The van der Waals surface area contributed by atoms with Gasteiger partial charge in [0.15, 0.2) is 5.65 Å². The van der Waals surface area contributed by atoms with Gasteiger partial charge in [-0.05, 0) is 19.1 Å². The molecule has 0 radical (unpaired) electrons. The second-order valence-corrected chi connectivity index (χ2v) is 4.55. The first-order valence-corrected chi connectivity index (χ1v) is 6.24. The number of fused-ring (bicyclic) bond motifs is 1. The Morgan fingerprint density at radius 3 is 2.81 bits per heavy atom. The summed E-state index contributed by atoms with van der Waals surface area (Å²) in [5.41, 5.74) is 8.36. The molecule has 0 saturated carbocycles. The molecule has 0 unspecified atom stereocenters. The van der Waals surface area contributed by atoms with E-state index in [4.69, 9.17) is 10.5 Å². The monoisotopic (exact) mass is 283 g/mol. The summed E-state index contributed by atoms with van der Waals surface area (Å²) < 4.78 is 6.74. The van der Waals surface area contributed by atoms with Crippen LogP contribution in [-0.2, 0) is 0 Å². The highest BCUT2D eigenvalue weighted by molar-refractivity contribution is 5.98. The lowest BCUT2D eigenvalue weighted by atomic mass is 10.2. The van der Waals surface area contributed by atoms with Crippen LogP contribution in [0.3, 0.4) is 0 Å². The quantitative estimate of drug-likeness (QED) is 0.779. The smallest absolute Gasteiger partial charge is 0.254 e. The Hall–Kier alpha value is -2.96. The molecule has 3 heterocycles. The normalized spacial score (nSPS) is 10.8.